The molecule has 2 aromatic heterocycles. The van der Waals surface area contributed by atoms with E-state index >= 15 is 0 Å². The lowest BCUT2D eigenvalue weighted by Gasteiger charge is -2.48. The van der Waals surface area contributed by atoms with Gasteiger partial charge in [-0.05, 0) is 43.6 Å². The van der Waals surface area contributed by atoms with Crippen molar-refractivity contribution in [2.24, 2.45) is 11.8 Å². The second-order valence-electron chi connectivity index (χ2n) is 8.91. The van der Waals surface area contributed by atoms with Crippen molar-refractivity contribution in [2.75, 3.05) is 19.6 Å². The fourth-order valence-electron chi connectivity index (χ4n) is 5.52. The number of aromatic nitrogens is 3. The fraction of sp³-hybridized carbons (Fsp3) is 0.636. The molecule has 2 aliphatic heterocycles. The number of fused-ring (bicyclic) bond motifs is 2. The first-order chi connectivity index (χ1) is 14.2. The number of carbonyl (C=O) groups is 2. The molecule has 0 aromatic carbocycles. The van der Waals surface area contributed by atoms with Crippen molar-refractivity contribution in [1.29, 1.82) is 0 Å². The number of likely N-dealkylation sites (tertiary alicyclic amines) is 2. The first-order valence-corrected chi connectivity index (χ1v) is 11.1. The van der Waals surface area contributed by atoms with E-state index in [0.717, 1.165) is 25.9 Å². The highest BCUT2D eigenvalue weighted by Crippen LogP contribution is 2.34. The van der Waals surface area contributed by atoms with Crippen molar-refractivity contribution < 1.29 is 9.59 Å². The molecule has 1 saturated carbocycles. The SMILES string of the molecule is O=C(c1cc2ncccn2n1)N1CC[C@H]2[C@H](CCC(=O)N2CC2CCCCC2)C1. The van der Waals surface area contributed by atoms with Gasteiger partial charge in [-0.25, -0.2) is 9.50 Å². The lowest BCUT2D eigenvalue weighted by Crippen LogP contribution is -2.57. The van der Waals surface area contributed by atoms with Crippen LogP contribution >= 0.6 is 0 Å². The van der Waals surface area contributed by atoms with Crippen LogP contribution in [0.25, 0.3) is 5.65 Å². The summed E-state index contributed by atoms with van der Waals surface area (Å²) in [5, 5.41) is 4.39. The van der Waals surface area contributed by atoms with E-state index in [1.807, 2.05) is 4.90 Å². The van der Waals surface area contributed by atoms with E-state index in [-0.39, 0.29) is 5.91 Å². The van der Waals surface area contributed by atoms with Crippen LogP contribution in [-0.2, 0) is 4.79 Å². The molecule has 2 saturated heterocycles. The third kappa shape index (κ3) is 3.63. The van der Waals surface area contributed by atoms with Gasteiger partial charge in [0.2, 0.25) is 5.91 Å². The van der Waals surface area contributed by atoms with Crippen LogP contribution in [0.5, 0.6) is 0 Å². The molecule has 4 heterocycles. The van der Waals surface area contributed by atoms with Gasteiger partial charge in [0.25, 0.3) is 5.91 Å². The monoisotopic (exact) mass is 395 g/mol. The number of nitrogens with zero attached hydrogens (tertiary/aromatic N) is 5. The van der Waals surface area contributed by atoms with Gasteiger partial charge < -0.3 is 9.80 Å². The van der Waals surface area contributed by atoms with E-state index in [0.29, 0.717) is 48.1 Å². The lowest BCUT2D eigenvalue weighted by molar-refractivity contribution is -0.141. The van der Waals surface area contributed by atoms with Gasteiger partial charge in [-0.3, -0.25) is 9.59 Å². The van der Waals surface area contributed by atoms with E-state index in [2.05, 4.69) is 15.0 Å². The molecule has 2 aromatic rings. The maximum absolute atomic E-state index is 13.0. The van der Waals surface area contributed by atoms with Crippen LogP contribution in [-0.4, -0.2) is 61.9 Å². The van der Waals surface area contributed by atoms with Crippen LogP contribution in [0.4, 0.5) is 0 Å². The Hall–Kier alpha value is -2.44. The smallest absolute Gasteiger partial charge is 0.274 e. The minimum Gasteiger partial charge on any atom is -0.339 e. The Bertz CT molecular complexity index is 870. The number of hydrogen-bond acceptors (Lipinski definition) is 4. The highest BCUT2D eigenvalue weighted by Gasteiger charge is 2.41. The Labute approximate surface area is 171 Å². The Kier molecular flexibility index (Phi) is 4.97. The molecule has 3 fully saturated rings. The third-order valence-electron chi connectivity index (χ3n) is 7.07. The van der Waals surface area contributed by atoms with E-state index in [9.17, 15) is 9.59 Å². The van der Waals surface area contributed by atoms with Gasteiger partial charge in [0.1, 0.15) is 0 Å². The van der Waals surface area contributed by atoms with E-state index in [1.54, 1.807) is 29.0 Å². The molecular weight excluding hydrogens is 366 g/mol. The number of piperidine rings is 2. The molecule has 7 heteroatoms. The minimum absolute atomic E-state index is 0.0234. The zero-order valence-electron chi connectivity index (χ0n) is 16.9. The summed E-state index contributed by atoms with van der Waals surface area (Å²) in [6, 6.07) is 3.86. The molecule has 0 N–H and O–H groups in total. The molecule has 154 valence electrons. The predicted octanol–water partition coefficient (Wildman–Crippen LogP) is 2.76. The minimum atomic E-state index is -0.0234. The Morgan fingerprint density at radius 2 is 2.00 bits per heavy atom. The van der Waals surface area contributed by atoms with E-state index in [4.69, 9.17) is 0 Å². The Morgan fingerprint density at radius 1 is 1.14 bits per heavy atom. The molecule has 1 aliphatic carbocycles. The maximum atomic E-state index is 13.0. The first kappa shape index (κ1) is 18.6. The van der Waals surface area contributed by atoms with E-state index in [1.165, 1.54) is 32.1 Å². The van der Waals surface area contributed by atoms with Gasteiger partial charge >= 0.3 is 0 Å². The quantitative estimate of drug-likeness (QED) is 0.801. The molecule has 3 aliphatic rings. The van der Waals surface area contributed by atoms with Crippen molar-refractivity contribution in [2.45, 2.75) is 57.4 Å². The molecule has 2 amide bonds. The van der Waals surface area contributed by atoms with E-state index < -0.39 is 0 Å². The molecule has 0 radical (unpaired) electrons. The van der Waals surface area contributed by atoms with Crippen LogP contribution in [0.15, 0.2) is 24.5 Å². The summed E-state index contributed by atoms with van der Waals surface area (Å²) in [5.41, 5.74) is 1.14. The topological polar surface area (TPSA) is 70.8 Å². The van der Waals surface area contributed by atoms with Gasteiger partial charge in [-0.15, -0.1) is 0 Å². The summed E-state index contributed by atoms with van der Waals surface area (Å²) in [4.78, 5) is 34.1. The van der Waals surface area contributed by atoms with Crippen LogP contribution in [0, 0.1) is 11.8 Å². The van der Waals surface area contributed by atoms with Crippen LogP contribution in [0.3, 0.4) is 0 Å². The predicted molar refractivity (Wildman–Crippen MR) is 108 cm³/mol. The standard InChI is InChI=1S/C22H29N5O2/c28-21-8-7-17-15-25(22(29)18-13-20-23-10-4-11-27(20)24-18)12-9-19(17)26(21)14-16-5-2-1-3-6-16/h4,10-11,13,16-17,19H,1-3,5-9,12,14-15H2/t17-,19+/m1/s1. The van der Waals surface area contributed by atoms with Gasteiger partial charge in [0.15, 0.2) is 11.3 Å². The molecular formula is C22H29N5O2. The maximum Gasteiger partial charge on any atom is 0.274 e. The summed E-state index contributed by atoms with van der Waals surface area (Å²) in [6.45, 7) is 2.33. The van der Waals surface area contributed by atoms with Gasteiger partial charge in [0, 0.05) is 50.6 Å². The summed E-state index contributed by atoms with van der Waals surface area (Å²) < 4.78 is 1.64. The summed E-state index contributed by atoms with van der Waals surface area (Å²) >= 11 is 0. The number of rotatable bonds is 3. The van der Waals surface area contributed by atoms with Crippen molar-refractivity contribution in [1.82, 2.24) is 24.4 Å². The van der Waals surface area contributed by atoms with Crippen LogP contribution in [0.2, 0.25) is 0 Å². The fourth-order valence-corrected chi connectivity index (χ4v) is 5.52. The van der Waals surface area contributed by atoms with Crippen molar-refractivity contribution in [3.05, 3.63) is 30.2 Å². The summed E-state index contributed by atoms with van der Waals surface area (Å²) in [7, 11) is 0. The zero-order valence-corrected chi connectivity index (χ0v) is 16.9. The first-order valence-electron chi connectivity index (χ1n) is 11.1. The molecule has 29 heavy (non-hydrogen) atoms. The highest BCUT2D eigenvalue weighted by atomic mass is 16.2. The molecule has 0 spiro atoms. The van der Waals surface area contributed by atoms with Gasteiger partial charge in [-0.2, -0.15) is 5.10 Å². The Balaban J connectivity index is 1.27. The summed E-state index contributed by atoms with van der Waals surface area (Å²) in [6.07, 6.45) is 12.4. The number of amides is 2. The average Bonchev–Trinajstić information content (AvgIpc) is 3.20. The normalized spacial score (nSPS) is 26.0. The second kappa shape index (κ2) is 7.76. The average molecular weight is 396 g/mol. The molecule has 2 atom stereocenters. The molecule has 7 nitrogen and oxygen atoms in total. The van der Waals surface area contributed by atoms with Crippen LogP contribution in [0.1, 0.15) is 61.9 Å². The van der Waals surface area contributed by atoms with Crippen LogP contribution < -0.4 is 0 Å². The van der Waals surface area contributed by atoms with Gasteiger partial charge in [0.05, 0.1) is 0 Å². The third-order valence-corrected chi connectivity index (χ3v) is 7.07. The summed E-state index contributed by atoms with van der Waals surface area (Å²) in [5.74, 6) is 1.34. The van der Waals surface area contributed by atoms with Crippen molar-refractivity contribution in [3.63, 3.8) is 0 Å². The molecule has 0 unspecified atom stereocenters. The molecule has 5 rings (SSSR count). The zero-order chi connectivity index (χ0) is 19.8. The second-order valence-corrected chi connectivity index (χ2v) is 8.91. The number of hydrogen-bond donors (Lipinski definition) is 0. The highest BCUT2D eigenvalue weighted by molar-refractivity contribution is 5.93. The lowest BCUT2D eigenvalue weighted by atomic mass is 9.81. The Morgan fingerprint density at radius 3 is 2.83 bits per heavy atom. The number of carbonyl (C=O) groups excluding carboxylic acids is 2. The van der Waals surface area contributed by atoms with Crippen molar-refractivity contribution >= 4 is 17.5 Å². The molecule has 0 bridgehead atoms. The van der Waals surface area contributed by atoms with Gasteiger partial charge in [-0.1, -0.05) is 19.3 Å². The largest absolute Gasteiger partial charge is 0.339 e. The van der Waals surface area contributed by atoms with Crippen molar-refractivity contribution in [3.8, 4) is 0 Å².